The molecule has 0 saturated carbocycles. The molecule has 1 rings (SSSR count). The standard InChI is InChI=1S/C7H8ClN3O4S/c1-2-3-4-10-5-6(16(8,14)15)7(9-10)11(12)13/h2,5H,1,3-4H2. The van der Waals surface area contributed by atoms with Crippen molar-refractivity contribution in [2.24, 2.45) is 0 Å². The van der Waals surface area contributed by atoms with Crippen molar-refractivity contribution >= 4 is 25.6 Å². The van der Waals surface area contributed by atoms with Gasteiger partial charge in [0.25, 0.3) is 9.05 Å². The Balaban J connectivity index is 3.21. The first kappa shape index (κ1) is 12.7. The largest absolute Gasteiger partial charge is 0.410 e. The van der Waals surface area contributed by atoms with Crippen LogP contribution in [0.25, 0.3) is 0 Å². The average molecular weight is 266 g/mol. The molecule has 0 spiro atoms. The Labute approximate surface area is 95.9 Å². The number of halogens is 1. The van der Waals surface area contributed by atoms with E-state index in [-0.39, 0.29) is 0 Å². The summed E-state index contributed by atoms with van der Waals surface area (Å²) in [7, 11) is 0.888. The van der Waals surface area contributed by atoms with Crippen LogP contribution in [0.4, 0.5) is 5.82 Å². The van der Waals surface area contributed by atoms with Crippen molar-refractivity contribution in [2.45, 2.75) is 17.9 Å². The summed E-state index contributed by atoms with van der Waals surface area (Å²) in [6.07, 6.45) is 3.13. The summed E-state index contributed by atoms with van der Waals surface area (Å²) in [5.41, 5.74) is 0. The fourth-order valence-electron chi connectivity index (χ4n) is 1.03. The molecule has 0 aliphatic carbocycles. The maximum absolute atomic E-state index is 11.0. The van der Waals surface area contributed by atoms with E-state index in [1.807, 2.05) is 0 Å². The van der Waals surface area contributed by atoms with E-state index >= 15 is 0 Å². The molecule has 1 heterocycles. The number of hydrogen-bond donors (Lipinski definition) is 0. The molecular weight excluding hydrogens is 258 g/mol. The number of aryl methyl sites for hydroxylation is 1. The molecule has 0 aromatic carbocycles. The number of nitro groups is 1. The molecule has 0 fully saturated rings. The van der Waals surface area contributed by atoms with Crippen molar-refractivity contribution in [3.8, 4) is 0 Å². The zero-order valence-electron chi connectivity index (χ0n) is 8.04. The monoisotopic (exact) mass is 265 g/mol. The first-order valence-corrected chi connectivity index (χ1v) is 6.44. The fourth-order valence-corrected chi connectivity index (χ4v) is 1.94. The SMILES string of the molecule is C=CCCn1cc(S(=O)(=O)Cl)c([N+](=O)[O-])n1. The molecule has 0 unspecified atom stereocenters. The van der Waals surface area contributed by atoms with Gasteiger partial charge >= 0.3 is 5.82 Å². The molecule has 1 aromatic heterocycles. The first-order chi connectivity index (χ1) is 7.36. The minimum Gasteiger partial charge on any atom is -0.358 e. The summed E-state index contributed by atoms with van der Waals surface area (Å²) in [5.74, 6) is -0.765. The van der Waals surface area contributed by atoms with Crippen LogP contribution in [0.3, 0.4) is 0 Å². The minimum atomic E-state index is -4.16. The molecule has 16 heavy (non-hydrogen) atoms. The van der Waals surface area contributed by atoms with Crippen LogP contribution in [0.5, 0.6) is 0 Å². The Hall–Kier alpha value is -1.41. The van der Waals surface area contributed by atoms with Crippen molar-refractivity contribution in [1.29, 1.82) is 0 Å². The number of hydrogen-bond acceptors (Lipinski definition) is 5. The van der Waals surface area contributed by atoms with E-state index in [9.17, 15) is 18.5 Å². The Morgan fingerprint density at radius 3 is 2.69 bits per heavy atom. The van der Waals surface area contributed by atoms with Gasteiger partial charge in [0.15, 0.2) is 0 Å². The second kappa shape index (κ2) is 4.62. The molecule has 1 aromatic rings. The van der Waals surface area contributed by atoms with Crippen LogP contribution in [0.15, 0.2) is 23.7 Å². The van der Waals surface area contributed by atoms with E-state index in [1.165, 1.54) is 0 Å². The van der Waals surface area contributed by atoms with Gasteiger partial charge in [-0.15, -0.1) is 6.58 Å². The van der Waals surface area contributed by atoms with Crippen molar-refractivity contribution < 1.29 is 13.3 Å². The van der Waals surface area contributed by atoms with E-state index < -0.39 is 24.7 Å². The van der Waals surface area contributed by atoms with Crippen LogP contribution in [0.2, 0.25) is 0 Å². The lowest BCUT2D eigenvalue weighted by molar-refractivity contribution is -0.392. The zero-order valence-corrected chi connectivity index (χ0v) is 9.61. The topological polar surface area (TPSA) is 95.1 Å². The van der Waals surface area contributed by atoms with Crippen molar-refractivity contribution in [3.63, 3.8) is 0 Å². The summed E-state index contributed by atoms with van der Waals surface area (Å²) in [5, 5.41) is 14.1. The maximum atomic E-state index is 11.0. The van der Waals surface area contributed by atoms with Gasteiger partial charge in [-0.1, -0.05) is 6.08 Å². The van der Waals surface area contributed by atoms with Gasteiger partial charge in [-0.05, 0) is 11.3 Å². The molecule has 7 nitrogen and oxygen atoms in total. The van der Waals surface area contributed by atoms with Crippen LogP contribution in [-0.4, -0.2) is 23.1 Å². The second-order valence-electron chi connectivity index (χ2n) is 2.85. The average Bonchev–Trinajstić information content (AvgIpc) is 2.58. The normalized spacial score (nSPS) is 11.3. The molecule has 0 atom stereocenters. The summed E-state index contributed by atoms with van der Waals surface area (Å²) < 4.78 is 23.2. The van der Waals surface area contributed by atoms with E-state index in [2.05, 4.69) is 11.7 Å². The van der Waals surface area contributed by atoms with E-state index in [1.54, 1.807) is 6.08 Å². The van der Waals surface area contributed by atoms with Crippen LogP contribution < -0.4 is 0 Å². The van der Waals surface area contributed by atoms with Crippen molar-refractivity contribution in [3.05, 3.63) is 29.0 Å². The highest BCUT2D eigenvalue weighted by atomic mass is 35.7. The number of aromatic nitrogens is 2. The Bertz CT molecular complexity index is 522. The zero-order chi connectivity index (χ0) is 12.3. The fraction of sp³-hybridized carbons (Fsp3) is 0.286. The number of allylic oxidation sites excluding steroid dienone is 1. The number of nitrogens with zero attached hydrogens (tertiary/aromatic N) is 3. The lowest BCUT2D eigenvalue weighted by atomic mass is 10.4. The first-order valence-electron chi connectivity index (χ1n) is 4.13. The molecule has 0 bridgehead atoms. The van der Waals surface area contributed by atoms with Gasteiger partial charge in [-0.2, -0.15) is 4.68 Å². The molecule has 0 aliphatic heterocycles. The van der Waals surface area contributed by atoms with Crippen molar-refractivity contribution in [1.82, 2.24) is 9.78 Å². The van der Waals surface area contributed by atoms with Gasteiger partial charge in [0.05, 0.1) is 17.8 Å². The van der Waals surface area contributed by atoms with Gasteiger partial charge in [-0.3, -0.25) is 0 Å². The molecule has 0 amide bonds. The molecule has 0 aliphatic rings. The Morgan fingerprint density at radius 2 is 2.31 bits per heavy atom. The lowest BCUT2D eigenvalue weighted by Crippen LogP contribution is -1.98. The molecule has 9 heteroatoms. The van der Waals surface area contributed by atoms with Gasteiger partial charge in [0.2, 0.25) is 4.90 Å². The second-order valence-corrected chi connectivity index (χ2v) is 5.39. The van der Waals surface area contributed by atoms with Crippen molar-refractivity contribution in [2.75, 3.05) is 0 Å². The molecule has 88 valence electrons. The highest BCUT2D eigenvalue weighted by Crippen LogP contribution is 2.24. The van der Waals surface area contributed by atoms with Gasteiger partial charge in [-0.25, -0.2) is 8.42 Å². The van der Waals surface area contributed by atoms with Crippen LogP contribution in [-0.2, 0) is 15.6 Å². The van der Waals surface area contributed by atoms with E-state index in [4.69, 9.17) is 10.7 Å². The molecular formula is C7H8ClN3O4S. The summed E-state index contributed by atoms with van der Waals surface area (Å²) >= 11 is 0. The third kappa shape index (κ3) is 2.80. The third-order valence-corrected chi connectivity index (χ3v) is 3.02. The highest BCUT2D eigenvalue weighted by molar-refractivity contribution is 8.13. The predicted molar refractivity (Wildman–Crippen MR) is 56.7 cm³/mol. The van der Waals surface area contributed by atoms with E-state index in [0.29, 0.717) is 13.0 Å². The van der Waals surface area contributed by atoms with E-state index in [0.717, 1.165) is 10.9 Å². The Kier molecular flexibility index (Phi) is 3.66. The molecule has 0 saturated heterocycles. The lowest BCUT2D eigenvalue weighted by Gasteiger charge is -1.89. The minimum absolute atomic E-state index is 0.302. The highest BCUT2D eigenvalue weighted by Gasteiger charge is 2.29. The maximum Gasteiger partial charge on any atom is 0.410 e. The summed E-state index contributed by atoms with van der Waals surface area (Å²) in [6.45, 7) is 3.77. The predicted octanol–water partition coefficient (Wildman–Crippen LogP) is 1.29. The van der Waals surface area contributed by atoms with Crippen LogP contribution >= 0.6 is 10.7 Å². The van der Waals surface area contributed by atoms with Gasteiger partial charge in [0.1, 0.15) is 0 Å². The van der Waals surface area contributed by atoms with Crippen LogP contribution in [0.1, 0.15) is 6.42 Å². The smallest absolute Gasteiger partial charge is 0.358 e. The van der Waals surface area contributed by atoms with Crippen LogP contribution in [0, 0.1) is 10.1 Å². The van der Waals surface area contributed by atoms with Gasteiger partial charge in [0, 0.05) is 10.7 Å². The molecule has 0 radical (unpaired) electrons. The summed E-state index contributed by atoms with van der Waals surface area (Å²) in [6, 6.07) is 0. The number of rotatable bonds is 5. The Morgan fingerprint density at radius 1 is 1.69 bits per heavy atom. The molecule has 0 N–H and O–H groups in total. The quantitative estimate of drug-likeness (QED) is 0.346. The third-order valence-electron chi connectivity index (χ3n) is 1.71. The van der Waals surface area contributed by atoms with Gasteiger partial charge < -0.3 is 10.1 Å². The summed E-state index contributed by atoms with van der Waals surface area (Å²) in [4.78, 5) is 9.06.